The van der Waals surface area contributed by atoms with Crippen molar-refractivity contribution in [2.45, 2.75) is 26.4 Å². The molecule has 33 heavy (non-hydrogen) atoms. The SMILES string of the molecule is CCNC(=NCc1cccc(Cn2cncn2)c1)NCCN1C(=O)C2C3C=CC(C3)C2C1=O. The molecule has 1 aromatic carbocycles. The van der Waals surface area contributed by atoms with Gasteiger partial charge in [0, 0.05) is 19.6 Å². The van der Waals surface area contributed by atoms with Crippen LogP contribution < -0.4 is 10.6 Å². The van der Waals surface area contributed by atoms with Crippen molar-refractivity contribution in [3.8, 4) is 0 Å². The lowest BCUT2D eigenvalue weighted by molar-refractivity contribution is -0.140. The van der Waals surface area contributed by atoms with Gasteiger partial charge < -0.3 is 10.6 Å². The number of allylic oxidation sites excluding steroid dienone is 2. The molecular weight excluding hydrogens is 418 g/mol. The number of hydrogen-bond donors (Lipinski definition) is 2. The smallest absolute Gasteiger partial charge is 0.233 e. The van der Waals surface area contributed by atoms with Gasteiger partial charge in [-0.2, -0.15) is 5.10 Å². The maximum Gasteiger partial charge on any atom is 0.233 e. The second kappa shape index (κ2) is 9.17. The van der Waals surface area contributed by atoms with Crippen LogP contribution in [0.25, 0.3) is 0 Å². The second-order valence-corrected chi connectivity index (χ2v) is 8.86. The van der Waals surface area contributed by atoms with Crippen LogP contribution in [0.5, 0.6) is 0 Å². The average molecular weight is 448 g/mol. The average Bonchev–Trinajstić information content (AvgIpc) is 3.60. The van der Waals surface area contributed by atoms with Crippen LogP contribution in [-0.2, 0) is 22.7 Å². The van der Waals surface area contributed by atoms with Crippen LogP contribution in [0.4, 0.5) is 0 Å². The van der Waals surface area contributed by atoms with Crippen LogP contribution in [0.15, 0.2) is 54.1 Å². The summed E-state index contributed by atoms with van der Waals surface area (Å²) in [5.74, 6) is 0.866. The van der Waals surface area contributed by atoms with Crippen molar-refractivity contribution >= 4 is 17.8 Å². The van der Waals surface area contributed by atoms with Crippen molar-refractivity contribution in [1.82, 2.24) is 30.3 Å². The number of benzene rings is 1. The Bertz CT molecular complexity index is 1050. The summed E-state index contributed by atoms with van der Waals surface area (Å²) < 4.78 is 1.78. The molecule has 2 bridgehead atoms. The van der Waals surface area contributed by atoms with Crippen molar-refractivity contribution in [2.75, 3.05) is 19.6 Å². The van der Waals surface area contributed by atoms with Gasteiger partial charge in [0.2, 0.25) is 11.8 Å². The Morgan fingerprint density at radius 3 is 2.58 bits per heavy atom. The van der Waals surface area contributed by atoms with Crippen LogP contribution in [0.3, 0.4) is 0 Å². The largest absolute Gasteiger partial charge is 0.357 e. The lowest BCUT2D eigenvalue weighted by atomic mass is 9.85. The lowest BCUT2D eigenvalue weighted by Crippen LogP contribution is -2.43. The highest BCUT2D eigenvalue weighted by molar-refractivity contribution is 6.06. The van der Waals surface area contributed by atoms with Crippen molar-refractivity contribution < 1.29 is 9.59 Å². The molecule has 9 nitrogen and oxygen atoms in total. The number of nitrogens with one attached hydrogen (secondary N) is 2. The zero-order valence-electron chi connectivity index (χ0n) is 18.7. The number of nitrogens with zero attached hydrogens (tertiary/aromatic N) is 5. The second-order valence-electron chi connectivity index (χ2n) is 8.86. The van der Waals surface area contributed by atoms with Gasteiger partial charge in [0.1, 0.15) is 12.7 Å². The number of hydrogen-bond acceptors (Lipinski definition) is 5. The number of carbonyl (C=O) groups is 2. The Morgan fingerprint density at radius 2 is 1.88 bits per heavy atom. The van der Waals surface area contributed by atoms with E-state index in [2.05, 4.69) is 50.0 Å². The molecule has 2 fully saturated rings. The van der Waals surface area contributed by atoms with Crippen molar-refractivity contribution in [3.63, 3.8) is 0 Å². The number of likely N-dealkylation sites (tertiary alicyclic amines) is 1. The fraction of sp³-hybridized carbons (Fsp3) is 0.458. The summed E-state index contributed by atoms with van der Waals surface area (Å²) in [7, 11) is 0. The predicted octanol–water partition coefficient (Wildman–Crippen LogP) is 1.19. The molecule has 5 rings (SSSR count). The minimum atomic E-state index is -0.140. The highest BCUT2D eigenvalue weighted by atomic mass is 16.2. The van der Waals surface area contributed by atoms with Crippen molar-refractivity contribution in [1.29, 1.82) is 0 Å². The maximum absolute atomic E-state index is 12.8. The summed E-state index contributed by atoms with van der Waals surface area (Å²) in [6.45, 7) is 4.74. The molecule has 2 heterocycles. The molecule has 2 N–H and O–H groups in total. The molecule has 0 radical (unpaired) electrons. The number of imide groups is 1. The first kappa shape index (κ1) is 21.4. The molecule has 4 atom stereocenters. The Kier molecular flexibility index (Phi) is 5.93. The van der Waals surface area contributed by atoms with Crippen LogP contribution >= 0.6 is 0 Å². The first-order chi connectivity index (χ1) is 16.1. The number of aromatic nitrogens is 3. The predicted molar refractivity (Wildman–Crippen MR) is 123 cm³/mol. The molecule has 0 spiro atoms. The fourth-order valence-corrected chi connectivity index (χ4v) is 5.31. The summed E-state index contributed by atoms with van der Waals surface area (Å²) in [6, 6.07) is 8.22. The monoisotopic (exact) mass is 447 g/mol. The van der Waals surface area contributed by atoms with Gasteiger partial charge >= 0.3 is 0 Å². The molecule has 2 aromatic rings. The molecule has 2 aliphatic carbocycles. The number of carbonyl (C=O) groups excluding carboxylic acids is 2. The van der Waals surface area contributed by atoms with Crippen LogP contribution in [0.2, 0.25) is 0 Å². The zero-order chi connectivity index (χ0) is 22.8. The molecule has 2 amide bonds. The highest BCUT2D eigenvalue weighted by Crippen LogP contribution is 2.52. The topological polar surface area (TPSA) is 105 Å². The third-order valence-corrected chi connectivity index (χ3v) is 6.76. The van der Waals surface area contributed by atoms with E-state index in [1.54, 1.807) is 11.0 Å². The first-order valence-corrected chi connectivity index (χ1v) is 11.6. The van der Waals surface area contributed by atoms with E-state index in [0.717, 1.165) is 24.1 Å². The molecule has 1 aliphatic heterocycles. The maximum atomic E-state index is 12.8. The van der Waals surface area contributed by atoms with E-state index >= 15 is 0 Å². The third-order valence-electron chi connectivity index (χ3n) is 6.76. The molecule has 1 saturated heterocycles. The van der Waals surface area contributed by atoms with E-state index in [4.69, 9.17) is 0 Å². The molecular formula is C24H29N7O2. The van der Waals surface area contributed by atoms with E-state index in [-0.39, 0.29) is 35.5 Å². The lowest BCUT2D eigenvalue weighted by Gasteiger charge is -2.18. The Labute approximate surface area is 193 Å². The Balaban J connectivity index is 1.16. The van der Waals surface area contributed by atoms with E-state index in [1.165, 1.54) is 11.2 Å². The van der Waals surface area contributed by atoms with Gasteiger partial charge in [-0.05, 0) is 36.3 Å². The number of amides is 2. The van der Waals surface area contributed by atoms with E-state index in [0.29, 0.717) is 32.1 Å². The van der Waals surface area contributed by atoms with Gasteiger partial charge in [-0.1, -0.05) is 36.4 Å². The van der Waals surface area contributed by atoms with Gasteiger partial charge in [-0.3, -0.25) is 14.5 Å². The van der Waals surface area contributed by atoms with Crippen LogP contribution in [0, 0.1) is 23.7 Å². The zero-order valence-corrected chi connectivity index (χ0v) is 18.7. The highest BCUT2D eigenvalue weighted by Gasteiger charge is 2.58. The summed E-state index contributed by atoms with van der Waals surface area (Å²) in [4.78, 5) is 35.8. The molecule has 4 unspecified atom stereocenters. The summed E-state index contributed by atoms with van der Waals surface area (Å²) in [6.07, 6.45) is 8.42. The van der Waals surface area contributed by atoms with Crippen LogP contribution in [0.1, 0.15) is 24.5 Å². The van der Waals surface area contributed by atoms with E-state index in [9.17, 15) is 9.59 Å². The first-order valence-electron chi connectivity index (χ1n) is 11.6. The number of aliphatic imine (C=N–C) groups is 1. The van der Waals surface area contributed by atoms with Gasteiger partial charge in [0.25, 0.3) is 0 Å². The van der Waals surface area contributed by atoms with Crippen molar-refractivity contribution in [3.05, 3.63) is 60.2 Å². The minimum absolute atomic E-state index is 0.00483. The van der Waals surface area contributed by atoms with Gasteiger partial charge in [-0.15, -0.1) is 0 Å². The van der Waals surface area contributed by atoms with Gasteiger partial charge in [-0.25, -0.2) is 14.7 Å². The van der Waals surface area contributed by atoms with Gasteiger partial charge in [0.05, 0.1) is 24.9 Å². The number of guanidine groups is 1. The molecule has 9 heteroatoms. The molecule has 1 aromatic heterocycles. The summed E-state index contributed by atoms with van der Waals surface area (Å²) in [5.41, 5.74) is 2.22. The summed E-state index contributed by atoms with van der Waals surface area (Å²) in [5, 5.41) is 10.7. The number of fused-ring (bicyclic) bond motifs is 5. The van der Waals surface area contributed by atoms with Crippen LogP contribution in [-0.4, -0.2) is 57.1 Å². The van der Waals surface area contributed by atoms with E-state index in [1.807, 2.05) is 19.1 Å². The molecule has 1 saturated carbocycles. The fourth-order valence-electron chi connectivity index (χ4n) is 5.31. The molecule has 3 aliphatic rings. The Hall–Kier alpha value is -3.49. The number of rotatable bonds is 8. The standard InChI is InChI=1S/C24H29N7O2/c1-2-26-24(28-12-16-4-3-5-17(10-16)13-30-15-25-14-29-30)27-8-9-31-22(32)20-18-6-7-19(11-18)21(20)23(31)33/h3-7,10,14-15,18-21H,2,8-9,11-13H2,1H3,(H2,26,27,28). The normalized spacial score (nSPS) is 25.7. The minimum Gasteiger partial charge on any atom is -0.357 e. The van der Waals surface area contributed by atoms with Crippen molar-refractivity contribution in [2.24, 2.45) is 28.7 Å². The third kappa shape index (κ3) is 4.27. The quantitative estimate of drug-likeness (QED) is 0.273. The summed E-state index contributed by atoms with van der Waals surface area (Å²) >= 11 is 0. The Morgan fingerprint density at radius 1 is 1.12 bits per heavy atom. The molecule has 172 valence electrons. The van der Waals surface area contributed by atoms with Gasteiger partial charge in [0.15, 0.2) is 5.96 Å². The van der Waals surface area contributed by atoms with E-state index < -0.39 is 0 Å².